The molecular formula is C23H34N6O9. The largest absolute Gasteiger partial charge is 0.508 e. The van der Waals surface area contributed by atoms with Crippen LogP contribution in [-0.4, -0.2) is 81.6 Å². The number of nitrogens with two attached hydrogens (primary N) is 3. The van der Waals surface area contributed by atoms with Crippen LogP contribution in [0.2, 0.25) is 0 Å². The van der Waals surface area contributed by atoms with E-state index in [0.29, 0.717) is 24.9 Å². The van der Waals surface area contributed by atoms with Gasteiger partial charge in [0.2, 0.25) is 23.6 Å². The molecule has 210 valence electrons. The summed E-state index contributed by atoms with van der Waals surface area (Å²) >= 11 is 0. The Hall–Kier alpha value is -4.24. The highest BCUT2D eigenvalue weighted by Gasteiger charge is 2.32. The number of benzene rings is 1. The third-order valence-electron chi connectivity index (χ3n) is 5.34. The Balaban J connectivity index is 2.99. The van der Waals surface area contributed by atoms with E-state index in [1.54, 1.807) is 12.1 Å². The standard InChI is InChI=1S/C23H34N6O9/c24-8-2-1-3-15(27-20(34)14(25)9-12-4-6-13(30)7-5-12)21(35)28-16(10-18(26)31)22(36)29-17(23(37)38)11-19(32)33/h4-7,14-17,30H,1-3,8-11,24-25H2,(H2,26,31)(H,27,34)(H,28,35)(H,29,36)(H,32,33)(H,37,38). The maximum absolute atomic E-state index is 13.0. The molecule has 4 amide bonds. The molecule has 0 heterocycles. The first kappa shape index (κ1) is 31.8. The molecule has 1 rings (SSSR count). The molecule has 0 aromatic heterocycles. The summed E-state index contributed by atoms with van der Waals surface area (Å²) in [5.74, 6) is -6.82. The monoisotopic (exact) mass is 538 g/mol. The van der Waals surface area contributed by atoms with Crippen LogP contribution >= 0.6 is 0 Å². The van der Waals surface area contributed by atoms with Gasteiger partial charge < -0.3 is 48.5 Å². The van der Waals surface area contributed by atoms with Gasteiger partial charge in [0.1, 0.15) is 23.9 Å². The molecule has 4 atom stereocenters. The summed E-state index contributed by atoms with van der Waals surface area (Å²) in [7, 11) is 0. The molecule has 0 radical (unpaired) electrons. The number of carbonyl (C=O) groups excluding carboxylic acids is 4. The average molecular weight is 539 g/mol. The van der Waals surface area contributed by atoms with Crippen molar-refractivity contribution < 1.29 is 44.1 Å². The van der Waals surface area contributed by atoms with Crippen molar-refractivity contribution in [2.75, 3.05) is 6.54 Å². The van der Waals surface area contributed by atoms with Gasteiger partial charge in [-0.15, -0.1) is 0 Å². The lowest BCUT2D eigenvalue weighted by Gasteiger charge is -2.24. The van der Waals surface area contributed by atoms with Crippen molar-refractivity contribution in [3.05, 3.63) is 29.8 Å². The summed E-state index contributed by atoms with van der Waals surface area (Å²) in [5, 5.41) is 34.1. The summed E-state index contributed by atoms with van der Waals surface area (Å²) in [6.45, 7) is 0.315. The first-order valence-corrected chi connectivity index (χ1v) is 11.7. The van der Waals surface area contributed by atoms with Crippen LogP contribution in [0.15, 0.2) is 24.3 Å². The van der Waals surface area contributed by atoms with E-state index in [2.05, 4.69) is 10.6 Å². The lowest BCUT2D eigenvalue weighted by atomic mass is 10.0. The molecule has 0 saturated carbocycles. The molecule has 15 heteroatoms. The van der Waals surface area contributed by atoms with Crippen molar-refractivity contribution in [1.29, 1.82) is 0 Å². The number of rotatable bonds is 17. The van der Waals surface area contributed by atoms with Gasteiger partial charge in [-0.1, -0.05) is 12.1 Å². The second-order valence-corrected chi connectivity index (χ2v) is 8.55. The van der Waals surface area contributed by atoms with E-state index in [1.165, 1.54) is 12.1 Å². The van der Waals surface area contributed by atoms with Crippen LogP contribution < -0.4 is 33.2 Å². The summed E-state index contributed by atoms with van der Waals surface area (Å²) < 4.78 is 0. The van der Waals surface area contributed by atoms with Gasteiger partial charge in [0.25, 0.3) is 0 Å². The van der Waals surface area contributed by atoms with E-state index < -0.39 is 72.6 Å². The first-order chi connectivity index (χ1) is 17.8. The van der Waals surface area contributed by atoms with Gasteiger partial charge in [-0.05, 0) is 49.9 Å². The summed E-state index contributed by atoms with van der Waals surface area (Å²) in [6, 6.07) is 0.279. The van der Waals surface area contributed by atoms with Crippen LogP contribution in [0.25, 0.3) is 0 Å². The topological polar surface area (TPSA) is 277 Å². The van der Waals surface area contributed by atoms with Crippen LogP contribution in [0.4, 0.5) is 0 Å². The van der Waals surface area contributed by atoms with Gasteiger partial charge in [0.15, 0.2) is 0 Å². The molecule has 1 aromatic rings. The van der Waals surface area contributed by atoms with Gasteiger partial charge in [0, 0.05) is 0 Å². The van der Waals surface area contributed by atoms with E-state index in [-0.39, 0.29) is 18.6 Å². The SMILES string of the molecule is NCCCCC(NC(=O)C(N)Cc1ccc(O)cc1)C(=O)NC(CC(N)=O)C(=O)NC(CC(=O)O)C(=O)O. The molecule has 0 spiro atoms. The number of amides is 4. The van der Waals surface area contributed by atoms with Gasteiger partial charge in [0.05, 0.1) is 18.9 Å². The Morgan fingerprint density at radius 1 is 0.789 bits per heavy atom. The molecule has 4 unspecified atom stereocenters. The zero-order valence-corrected chi connectivity index (χ0v) is 20.6. The van der Waals surface area contributed by atoms with Gasteiger partial charge in [-0.3, -0.25) is 24.0 Å². The Bertz CT molecular complexity index is 1000. The summed E-state index contributed by atoms with van der Waals surface area (Å²) in [4.78, 5) is 72.0. The normalized spacial score (nSPS) is 13.8. The molecule has 15 nitrogen and oxygen atoms in total. The highest BCUT2D eigenvalue weighted by Crippen LogP contribution is 2.11. The van der Waals surface area contributed by atoms with Gasteiger partial charge >= 0.3 is 11.9 Å². The minimum Gasteiger partial charge on any atom is -0.508 e. The summed E-state index contributed by atoms with van der Waals surface area (Å²) in [5.41, 5.74) is 17.3. The van der Waals surface area contributed by atoms with Crippen molar-refractivity contribution in [3.8, 4) is 5.75 Å². The Morgan fingerprint density at radius 2 is 1.34 bits per heavy atom. The third-order valence-corrected chi connectivity index (χ3v) is 5.34. The van der Waals surface area contributed by atoms with E-state index in [9.17, 15) is 33.9 Å². The minimum atomic E-state index is -1.83. The number of carboxylic acids is 2. The van der Waals surface area contributed by atoms with Crippen molar-refractivity contribution in [1.82, 2.24) is 16.0 Å². The van der Waals surface area contributed by atoms with Crippen LogP contribution in [-0.2, 0) is 35.2 Å². The average Bonchev–Trinajstić information content (AvgIpc) is 2.83. The van der Waals surface area contributed by atoms with Crippen LogP contribution in [0, 0.1) is 0 Å². The Morgan fingerprint density at radius 3 is 1.87 bits per heavy atom. The van der Waals surface area contributed by atoms with E-state index in [1.807, 2.05) is 5.32 Å². The molecule has 38 heavy (non-hydrogen) atoms. The quantitative estimate of drug-likeness (QED) is 0.0918. The predicted octanol–water partition coefficient (Wildman–Crippen LogP) is -2.72. The third kappa shape index (κ3) is 11.7. The summed E-state index contributed by atoms with van der Waals surface area (Å²) in [6.07, 6.45) is -0.553. The number of hydrogen-bond acceptors (Lipinski definition) is 9. The molecule has 0 bridgehead atoms. The number of primary amides is 1. The fraction of sp³-hybridized carbons (Fsp3) is 0.478. The molecule has 12 N–H and O–H groups in total. The number of phenolic OH excluding ortho intramolecular Hbond substituents is 1. The molecule has 0 saturated heterocycles. The number of unbranched alkanes of at least 4 members (excludes halogenated alkanes) is 1. The highest BCUT2D eigenvalue weighted by molar-refractivity contribution is 5.96. The van der Waals surface area contributed by atoms with E-state index in [4.69, 9.17) is 27.4 Å². The fourth-order valence-corrected chi connectivity index (χ4v) is 3.35. The van der Waals surface area contributed by atoms with Crippen molar-refractivity contribution >= 4 is 35.6 Å². The lowest BCUT2D eigenvalue weighted by molar-refractivity contribution is -0.147. The second-order valence-electron chi connectivity index (χ2n) is 8.55. The van der Waals surface area contributed by atoms with Crippen molar-refractivity contribution in [2.45, 2.75) is 62.7 Å². The smallest absolute Gasteiger partial charge is 0.326 e. The minimum absolute atomic E-state index is 0.0376. The number of aliphatic carboxylic acids is 2. The molecule has 1 aromatic carbocycles. The Kier molecular flexibility index (Phi) is 13.2. The Labute approximate surface area is 218 Å². The predicted molar refractivity (Wildman–Crippen MR) is 132 cm³/mol. The van der Waals surface area contributed by atoms with Crippen LogP contribution in [0.1, 0.15) is 37.7 Å². The number of carbonyl (C=O) groups is 6. The number of aromatic hydroxyl groups is 1. The molecule has 0 aliphatic heterocycles. The lowest BCUT2D eigenvalue weighted by Crippen LogP contribution is -2.58. The van der Waals surface area contributed by atoms with Gasteiger partial charge in [-0.2, -0.15) is 0 Å². The number of hydrogen-bond donors (Lipinski definition) is 9. The highest BCUT2D eigenvalue weighted by atomic mass is 16.4. The van der Waals surface area contributed by atoms with Crippen LogP contribution in [0.3, 0.4) is 0 Å². The van der Waals surface area contributed by atoms with E-state index >= 15 is 0 Å². The molecule has 0 aliphatic rings. The number of phenols is 1. The zero-order chi connectivity index (χ0) is 28.8. The maximum Gasteiger partial charge on any atom is 0.326 e. The number of nitrogens with one attached hydrogen (secondary N) is 3. The maximum atomic E-state index is 13.0. The number of carboxylic acid groups (broad SMARTS) is 2. The van der Waals surface area contributed by atoms with Crippen LogP contribution in [0.5, 0.6) is 5.75 Å². The van der Waals surface area contributed by atoms with Crippen molar-refractivity contribution in [3.63, 3.8) is 0 Å². The first-order valence-electron chi connectivity index (χ1n) is 11.7. The molecule has 0 fully saturated rings. The second kappa shape index (κ2) is 15.8. The molecular weight excluding hydrogens is 504 g/mol. The molecule has 0 aliphatic carbocycles. The fourth-order valence-electron chi connectivity index (χ4n) is 3.35. The van der Waals surface area contributed by atoms with Crippen molar-refractivity contribution in [2.24, 2.45) is 17.2 Å². The van der Waals surface area contributed by atoms with E-state index in [0.717, 1.165) is 0 Å². The van der Waals surface area contributed by atoms with Gasteiger partial charge in [-0.25, -0.2) is 4.79 Å². The zero-order valence-electron chi connectivity index (χ0n) is 20.6.